The molecule has 0 fully saturated rings. The Morgan fingerprint density at radius 3 is 1.39 bits per heavy atom. The van der Waals surface area contributed by atoms with Gasteiger partial charge in [0.25, 0.3) is 0 Å². The summed E-state index contributed by atoms with van der Waals surface area (Å²) in [6.45, 7) is 2.93. The van der Waals surface area contributed by atoms with E-state index in [0.717, 1.165) is 12.2 Å². The summed E-state index contributed by atoms with van der Waals surface area (Å²) in [6.07, 6.45) is 15.7. The first-order valence-electron chi connectivity index (χ1n) is 14.9. The molecule has 0 saturated heterocycles. The number of unbranched alkanes of at least 4 members (excludes halogenated alkanes) is 11. The molecule has 0 amide bonds. The zero-order valence-corrected chi connectivity index (χ0v) is 24.1. The van der Waals surface area contributed by atoms with Crippen molar-refractivity contribution >= 4 is 11.9 Å². The van der Waals surface area contributed by atoms with Crippen LogP contribution in [0.15, 0.2) is 72.8 Å². The third-order valence-corrected chi connectivity index (χ3v) is 6.85. The number of ether oxygens (including phenoxy) is 3. The fourth-order valence-corrected chi connectivity index (χ4v) is 4.41. The van der Waals surface area contributed by atoms with Crippen LogP contribution in [0.2, 0.25) is 0 Å². The second-order valence-corrected chi connectivity index (χ2v) is 10.2. The Kier molecular flexibility index (Phi) is 14.0. The number of esters is 2. The van der Waals surface area contributed by atoms with Crippen molar-refractivity contribution in [1.82, 2.24) is 0 Å². The SMILES string of the molecule is CCCCCCCCCCCCCCOc1ccc(C(=O)Oc2ccc(C(=O)Oc3ccc(C#N)cc3)cc2)cc1. The summed E-state index contributed by atoms with van der Waals surface area (Å²) in [5, 5.41) is 8.86. The number of benzene rings is 3. The monoisotopic (exact) mass is 555 g/mol. The minimum absolute atomic E-state index is 0.309. The van der Waals surface area contributed by atoms with Crippen LogP contribution in [0.5, 0.6) is 17.2 Å². The van der Waals surface area contributed by atoms with Crippen molar-refractivity contribution in [3.05, 3.63) is 89.5 Å². The molecule has 0 bridgehead atoms. The summed E-state index contributed by atoms with van der Waals surface area (Å²) in [5.41, 5.74) is 1.20. The molecule has 6 heteroatoms. The zero-order valence-electron chi connectivity index (χ0n) is 24.1. The maximum absolute atomic E-state index is 12.5. The lowest BCUT2D eigenvalue weighted by Crippen LogP contribution is -2.10. The van der Waals surface area contributed by atoms with E-state index in [-0.39, 0.29) is 0 Å². The average Bonchev–Trinajstić information content (AvgIpc) is 3.00. The molecule has 6 nitrogen and oxygen atoms in total. The summed E-state index contributed by atoms with van der Waals surface area (Å²) >= 11 is 0. The predicted octanol–water partition coefficient (Wildman–Crippen LogP) is 9.08. The maximum Gasteiger partial charge on any atom is 0.343 e. The highest BCUT2D eigenvalue weighted by molar-refractivity contribution is 5.92. The summed E-state index contributed by atoms with van der Waals surface area (Å²) < 4.78 is 16.6. The number of carbonyl (C=O) groups is 2. The Balaban J connectivity index is 1.30. The van der Waals surface area contributed by atoms with Crippen molar-refractivity contribution in [1.29, 1.82) is 5.26 Å². The van der Waals surface area contributed by atoms with Crippen LogP contribution >= 0.6 is 0 Å². The van der Waals surface area contributed by atoms with Crippen LogP contribution in [0.25, 0.3) is 0 Å². The fourth-order valence-electron chi connectivity index (χ4n) is 4.41. The fraction of sp³-hybridized carbons (Fsp3) is 0.400. The molecule has 3 rings (SSSR count). The highest BCUT2D eigenvalue weighted by Gasteiger charge is 2.12. The number of carbonyl (C=O) groups excluding carboxylic acids is 2. The lowest BCUT2D eigenvalue weighted by Gasteiger charge is -2.08. The largest absolute Gasteiger partial charge is 0.494 e. The van der Waals surface area contributed by atoms with Crippen LogP contribution < -0.4 is 14.2 Å². The second-order valence-electron chi connectivity index (χ2n) is 10.2. The average molecular weight is 556 g/mol. The van der Waals surface area contributed by atoms with E-state index >= 15 is 0 Å². The molecular weight excluding hydrogens is 514 g/mol. The summed E-state index contributed by atoms with van der Waals surface area (Å²) in [6, 6.07) is 21.3. The van der Waals surface area contributed by atoms with E-state index in [1.54, 1.807) is 60.7 Å². The number of nitrogens with zero attached hydrogens (tertiary/aromatic N) is 1. The van der Waals surface area contributed by atoms with Crippen LogP contribution in [0.3, 0.4) is 0 Å². The molecule has 0 saturated carbocycles. The molecule has 0 aliphatic heterocycles. The third kappa shape index (κ3) is 11.9. The molecule has 0 spiro atoms. The predicted molar refractivity (Wildman–Crippen MR) is 161 cm³/mol. The number of hydrogen-bond donors (Lipinski definition) is 0. The number of rotatable bonds is 18. The van der Waals surface area contributed by atoms with Gasteiger partial charge in [0.15, 0.2) is 0 Å². The normalized spacial score (nSPS) is 10.5. The minimum Gasteiger partial charge on any atom is -0.494 e. The molecular formula is C35H41NO5. The quantitative estimate of drug-likeness (QED) is 0.0884. The van der Waals surface area contributed by atoms with Gasteiger partial charge in [-0.05, 0) is 79.2 Å². The molecule has 3 aromatic rings. The van der Waals surface area contributed by atoms with Gasteiger partial charge in [-0.15, -0.1) is 0 Å². The van der Waals surface area contributed by atoms with Crippen LogP contribution in [0.1, 0.15) is 110 Å². The van der Waals surface area contributed by atoms with Crippen molar-refractivity contribution in [3.63, 3.8) is 0 Å². The first-order valence-corrected chi connectivity index (χ1v) is 14.9. The van der Waals surface area contributed by atoms with Gasteiger partial charge in [0.1, 0.15) is 17.2 Å². The first kappa shape index (κ1) is 31.4. The van der Waals surface area contributed by atoms with Crippen molar-refractivity contribution < 1.29 is 23.8 Å². The Labute approximate surface area is 244 Å². The molecule has 41 heavy (non-hydrogen) atoms. The zero-order chi connectivity index (χ0) is 29.1. The van der Waals surface area contributed by atoms with Gasteiger partial charge < -0.3 is 14.2 Å². The van der Waals surface area contributed by atoms with Gasteiger partial charge in [-0.1, -0.05) is 77.6 Å². The summed E-state index contributed by atoms with van der Waals surface area (Å²) in [5.74, 6) is 0.343. The third-order valence-electron chi connectivity index (χ3n) is 6.85. The van der Waals surface area contributed by atoms with Gasteiger partial charge in [-0.25, -0.2) is 9.59 Å². The summed E-state index contributed by atoms with van der Waals surface area (Å²) in [7, 11) is 0. The van der Waals surface area contributed by atoms with E-state index in [1.165, 1.54) is 82.8 Å². The lowest BCUT2D eigenvalue weighted by atomic mass is 10.1. The molecule has 0 radical (unpaired) electrons. The van der Waals surface area contributed by atoms with E-state index in [9.17, 15) is 9.59 Å². The van der Waals surface area contributed by atoms with Crippen LogP contribution in [-0.2, 0) is 0 Å². The van der Waals surface area contributed by atoms with Crippen LogP contribution in [0.4, 0.5) is 0 Å². The van der Waals surface area contributed by atoms with Crippen molar-refractivity contribution in [2.24, 2.45) is 0 Å². The van der Waals surface area contributed by atoms with E-state index in [0.29, 0.717) is 34.8 Å². The molecule has 0 aromatic heterocycles. The smallest absolute Gasteiger partial charge is 0.343 e. The van der Waals surface area contributed by atoms with E-state index < -0.39 is 11.9 Å². The van der Waals surface area contributed by atoms with Gasteiger partial charge in [-0.2, -0.15) is 5.26 Å². The standard InChI is InChI=1S/C35H41NO5/c1-2-3-4-5-6-7-8-9-10-11-12-13-26-39-31-22-16-29(17-23-31)34(37)41-33-24-18-30(19-25-33)35(38)40-32-20-14-28(27-36)15-21-32/h14-25H,2-13,26H2,1H3. The van der Waals surface area contributed by atoms with Crippen LogP contribution in [-0.4, -0.2) is 18.5 Å². The lowest BCUT2D eigenvalue weighted by molar-refractivity contribution is 0.0730. The van der Waals surface area contributed by atoms with Crippen LogP contribution in [0, 0.1) is 11.3 Å². The van der Waals surface area contributed by atoms with Gasteiger partial charge >= 0.3 is 11.9 Å². The van der Waals surface area contributed by atoms with Crippen molar-refractivity contribution in [2.75, 3.05) is 6.61 Å². The highest BCUT2D eigenvalue weighted by atomic mass is 16.5. The second kappa shape index (κ2) is 18.3. The Morgan fingerprint density at radius 1 is 0.561 bits per heavy atom. The molecule has 3 aromatic carbocycles. The van der Waals surface area contributed by atoms with Gasteiger partial charge in [0.05, 0.1) is 29.4 Å². The van der Waals surface area contributed by atoms with E-state index in [1.807, 2.05) is 6.07 Å². The molecule has 0 heterocycles. The van der Waals surface area contributed by atoms with Gasteiger partial charge in [-0.3, -0.25) is 0 Å². The highest BCUT2D eigenvalue weighted by Crippen LogP contribution is 2.19. The van der Waals surface area contributed by atoms with Crippen molar-refractivity contribution in [2.45, 2.75) is 84.0 Å². The molecule has 0 unspecified atom stereocenters. The topological polar surface area (TPSA) is 85.6 Å². The maximum atomic E-state index is 12.5. The molecule has 0 N–H and O–H groups in total. The Morgan fingerprint density at radius 2 is 0.951 bits per heavy atom. The molecule has 0 atom stereocenters. The number of hydrogen-bond acceptors (Lipinski definition) is 6. The minimum atomic E-state index is -0.549. The molecule has 0 aliphatic rings. The molecule has 0 aliphatic carbocycles. The number of nitriles is 1. The first-order chi connectivity index (χ1) is 20.1. The molecule has 216 valence electrons. The van der Waals surface area contributed by atoms with E-state index in [2.05, 4.69) is 6.92 Å². The van der Waals surface area contributed by atoms with Gasteiger partial charge in [0, 0.05) is 0 Å². The van der Waals surface area contributed by atoms with Crippen molar-refractivity contribution in [3.8, 4) is 23.3 Å². The Bertz CT molecular complexity index is 1230. The van der Waals surface area contributed by atoms with Gasteiger partial charge in [0.2, 0.25) is 0 Å². The van der Waals surface area contributed by atoms with E-state index in [4.69, 9.17) is 19.5 Å². The summed E-state index contributed by atoms with van der Waals surface area (Å²) in [4.78, 5) is 24.9. The Hall–Kier alpha value is -4.11.